The molecule has 3 N–H and O–H groups in total. The normalized spacial score (nSPS) is 10.7. The Labute approximate surface area is 195 Å². The van der Waals surface area contributed by atoms with Crippen LogP contribution in [0.1, 0.15) is 6.92 Å². The van der Waals surface area contributed by atoms with E-state index in [1.165, 1.54) is 6.92 Å². The highest BCUT2D eigenvalue weighted by Crippen LogP contribution is 2.19. The van der Waals surface area contributed by atoms with E-state index < -0.39 is 0 Å². The van der Waals surface area contributed by atoms with E-state index in [1.54, 1.807) is 30.3 Å². The van der Waals surface area contributed by atoms with Crippen LogP contribution in [-0.2, 0) is 23.7 Å². The molecule has 0 bridgehead atoms. The molecule has 0 aromatic heterocycles. The Bertz CT molecular complexity index is 787. The van der Waals surface area contributed by atoms with E-state index in [0.717, 1.165) is 11.4 Å². The molecule has 0 fully saturated rings. The quantitative estimate of drug-likeness (QED) is 0.257. The SMILES string of the molecule is CC(=O)Nc1ccc(OCCOCCOCCOCCOCCOc2ccccc2N)cc1. The fourth-order valence-electron chi connectivity index (χ4n) is 2.64. The maximum atomic E-state index is 11.0. The third-order valence-corrected chi connectivity index (χ3v) is 4.19. The highest BCUT2D eigenvalue weighted by atomic mass is 16.6. The van der Waals surface area contributed by atoms with Gasteiger partial charge in [-0.05, 0) is 36.4 Å². The summed E-state index contributed by atoms with van der Waals surface area (Å²) in [5, 5.41) is 2.70. The Kier molecular flexibility index (Phi) is 13.4. The summed E-state index contributed by atoms with van der Waals surface area (Å²) < 4.78 is 32.9. The zero-order valence-electron chi connectivity index (χ0n) is 19.1. The van der Waals surface area contributed by atoms with E-state index in [1.807, 2.05) is 18.2 Å². The summed E-state index contributed by atoms with van der Waals surface area (Å²) in [5.74, 6) is 1.28. The van der Waals surface area contributed by atoms with Crippen LogP contribution < -0.4 is 20.5 Å². The molecule has 0 atom stereocenters. The fraction of sp³-hybridized carbons (Fsp3) is 0.458. The van der Waals surface area contributed by atoms with E-state index in [0.29, 0.717) is 77.5 Å². The molecule has 33 heavy (non-hydrogen) atoms. The van der Waals surface area contributed by atoms with Crippen LogP contribution in [0.15, 0.2) is 48.5 Å². The number of benzene rings is 2. The second kappa shape index (κ2) is 16.7. The van der Waals surface area contributed by atoms with Crippen LogP contribution in [0.2, 0.25) is 0 Å². The minimum absolute atomic E-state index is 0.104. The Morgan fingerprint density at radius 2 is 1.18 bits per heavy atom. The summed E-state index contributed by atoms with van der Waals surface area (Å²) >= 11 is 0. The molecule has 0 aliphatic rings. The molecule has 0 heterocycles. The number of rotatable bonds is 18. The minimum Gasteiger partial charge on any atom is -0.491 e. The first kappa shape index (κ1) is 26.4. The van der Waals surface area contributed by atoms with Crippen molar-refractivity contribution in [3.05, 3.63) is 48.5 Å². The van der Waals surface area contributed by atoms with Gasteiger partial charge in [-0.15, -0.1) is 0 Å². The standard InChI is InChI=1S/C24H34N2O7/c1-20(27)26-21-6-8-22(9-7-21)32-18-16-30-14-12-28-10-11-29-13-15-31-17-19-33-24-5-3-2-4-23(24)25/h2-9H,10-19,25H2,1H3,(H,26,27). The van der Waals surface area contributed by atoms with Crippen molar-refractivity contribution in [2.75, 3.05) is 77.1 Å². The van der Waals surface area contributed by atoms with Crippen LogP contribution in [-0.4, -0.2) is 72.0 Å². The van der Waals surface area contributed by atoms with Gasteiger partial charge >= 0.3 is 0 Å². The molecule has 0 aliphatic heterocycles. The maximum Gasteiger partial charge on any atom is 0.221 e. The molecule has 1 amide bonds. The number of carbonyl (C=O) groups is 1. The van der Waals surface area contributed by atoms with Gasteiger partial charge in [0, 0.05) is 12.6 Å². The van der Waals surface area contributed by atoms with E-state index >= 15 is 0 Å². The lowest BCUT2D eigenvalue weighted by atomic mass is 10.3. The first-order valence-electron chi connectivity index (χ1n) is 10.9. The van der Waals surface area contributed by atoms with Crippen molar-refractivity contribution in [3.63, 3.8) is 0 Å². The van der Waals surface area contributed by atoms with Gasteiger partial charge in [0.1, 0.15) is 24.7 Å². The van der Waals surface area contributed by atoms with E-state index in [2.05, 4.69) is 5.32 Å². The average Bonchev–Trinajstić information content (AvgIpc) is 2.80. The molecular weight excluding hydrogens is 428 g/mol. The largest absolute Gasteiger partial charge is 0.491 e. The molecule has 9 nitrogen and oxygen atoms in total. The Morgan fingerprint density at radius 1 is 0.697 bits per heavy atom. The third kappa shape index (κ3) is 12.7. The van der Waals surface area contributed by atoms with Gasteiger partial charge in [-0.1, -0.05) is 12.1 Å². The second-order valence-electron chi connectivity index (χ2n) is 6.89. The van der Waals surface area contributed by atoms with Crippen LogP contribution in [0.25, 0.3) is 0 Å². The number of ether oxygens (including phenoxy) is 6. The molecule has 2 aromatic rings. The predicted octanol–water partition coefficient (Wildman–Crippen LogP) is 2.75. The highest BCUT2D eigenvalue weighted by molar-refractivity contribution is 5.88. The van der Waals surface area contributed by atoms with Crippen LogP contribution >= 0.6 is 0 Å². The summed E-state index contributed by atoms with van der Waals surface area (Å²) in [7, 11) is 0. The predicted molar refractivity (Wildman–Crippen MR) is 126 cm³/mol. The van der Waals surface area contributed by atoms with Gasteiger partial charge in [0.2, 0.25) is 5.91 Å². The molecule has 182 valence electrons. The zero-order valence-corrected chi connectivity index (χ0v) is 19.1. The van der Waals surface area contributed by atoms with E-state index in [-0.39, 0.29) is 5.91 Å². The number of nitrogen functional groups attached to an aromatic ring is 1. The topological polar surface area (TPSA) is 111 Å². The first-order valence-corrected chi connectivity index (χ1v) is 10.9. The lowest BCUT2D eigenvalue weighted by Crippen LogP contribution is -2.14. The molecule has 9 heteroatoms. The van der Waals surface area contributed by atoms with Gasteiger partial charge in [0.05, 0.1) is 58.5 Å². The van der Waals surface area contributed by atoms with Crippen LogP contribution in [0.4, 0.5) is 11.4 Å². The Hall–Kier alpha value is -2.85. The van der Waals surface area contributed by atoms with Crippen molar-refractivity contribution >= 4 is 17.3 Å². The number of hydrogen-bond donors (Lipinski definition) is 2. The van der Waals surface area contributed by atoms with Crippen molar-refractivity contribution < 1.29 is 33.2 Å². The third-order valence-electron chi connectivity index (χ3n) is 4.19. The number of anilines is 2. The van der Waals surface area contributed by atoms with Gasteiger partial charge in [-0.3, -0.25) is 4.79 Å². The molecule has 2 aromatic carbocycles. The summed E-state index contributed by atoms with van der Waals surface area (Å²) in [6.45, 7) is 6.24. The first-order chi connectivity index (χ1) is 16.1. The van der Waals surface area contributed by atoms with Crippen molar-refractivity contribution in [1.29, 1.82) is 0 Å². The number of nitrogens with one attached hydrogen (secondary N) is 1. The average molecular weight is 463 g/mol. The Morgan fingerprint density at radius 3 is 1.70 bits per heavy atom. The van der Waals surface area contributed by atoms with Crippen LogP contribution in [0.3, 0.4) is 0 Å². The van der Waals surface area contributed by atoms with Crippen LogP contribution in [0, 0.1) is 0 Å². The number of carbonyl (C=O) groups excluding carboxylic acids is 1. The molecular formula is C24H34N2O7. The van der Waals surface area contributed by atoms with Gasteiger partial charge in [-0.2, -0.15) is 0 Å². The van der Waals surface area contributed by atoms with E-state index in [9.17, 15) is 4.79 Å². The summed E-state index contributed by atoms with van der Waals surface area (Å²) in [6.07, 6.45) is 0. The molecule has 0 saturated carbocycles. The zero-order chi connectivity index (χ0) is 23.6. The van der Waals surface area contributed by atoms with Gasteiger partial charge in [0.25, 0.3) is 0 Å². The van der Waals surface area contributed by atoms with Crippen molar-refractivity contribution in [1.82, 2.24) is 0 Å². The van der Waals surface area contributed by atoms with Gasteiger partial charge < -0.3 is 39.5 Å². The fourth-order valence-corrected chi connectivity index (χ4v) is 2.64. The maximum absolute atomic E-state index is 11.0. The second-order valence-corrected chi connectivity index (χ2v) is 6.89. The smallest absolute Gasteiger partial charge is 0.221 e. The highest BCUT2D eigenvalue weighted by Gasteiger charge is 1.99. The molecule has 0 radical (unpaired) electrons. The monoisotopic (exact) mass is 462 g/mol. The lowest BCUT2D eigenvalue weighted by Gasteiger charge is -2.10. The van der Waals surface area contributed by atoms with E-state index in [4.69, 9.17) is 34.2 Å². The summed E-state index contributed by atoms with van der Waals surface area (Å²) in [4.78, 5) is 11.0. The molecule has 2 rings (SSSR count). The summed E-state index contributed by atoms with van der Waals surface area (Å²) in [6, 6.07) is 14.5. The van der Waals surface area contributed by atoms with Crippen molar-refractivity contribution in [3.8, 4) is 11.5 Å². The number of amides is 1. The van der Waals surface area contributed by atoms with Crippen molar-refractivity contribution in [2.45, 2.75) is 6.92 Å². The molecule has 0 spiro atoms. The van der Waals surface area contributed by atoms with Gasteiger partial charge in [-0.25, -0.2) is 0 Å². The number of para-hydroxylation sites is 2. The lowest BCUT2D eigenvalue weighted by molar-refractivity contribution is -0.114. The molecule has 0 saturated heterocycles. The number of hydrogen-bond acceptors (Lipinski definition) is 8. The molecule has 0 aliphatic carbocycles. The Balaban J connectivity index is 1.31. The van der Waals surface area contributed by atoms with Crippen LogP contribution in [0.5, 0.6) is 11.5 Å². The minimum atomic E-state index is -0.104. The van der Waals surface area contributed by atoms with Gasteiger partial charge in [0.15, 0.2) is 0 Å². The molecule has 0 unspecified atom stereocenters. The van der Waals surface area contributed by atoms with Crippen molar-refractivity contribution in [2.24, 2.45) is 0 Å². The number of nitrogens with two attached hydrogens (primary N) is 1. The summed E-state index contributed by atoms with van der Waals surface area (Å²) in [5.41, 5.74) is 7.15.